The summed E-state index contributed by atoms with van der Waals surface area (Å²) in [6, 6.07) is 5.60. The molecule has 4 heteroatoms. The molecule has 0 spiro atoms. The van der Waals surface area contributed by atoms with Crippen molar-refractivity contribution in [1.29, 1.82) is 0 Å². The summed E-state index contributed by atoms with van der Waals surface area (Å²) in [5, 5.41) is 10.1. The average molecular weight is 237 g/mol. The quantitative estimate of drug-likeness (QED) is 0.847. The summed E-state index contributed by atoms with van der Waals surface area (Å²) in [6.07, 6.45) is -0.482. The lowest BCUT2D eigenvalue weighted by Gasteiger charge is -2.22. The van der Waals surface area contributed by atoms with Gasteiger partial charge >= 0.3 is 0 Å². The van der Waals surface area contributed by atoms with Crippen LogP contribution >= 0.6 is 0 Å². The van der Waals surface area contributed by atoms with Crippen molar-refractivity contribution in [3.05, 3.63) is 23.8 Å². The van der Waals surface area contributed by atoms with Gasteiger partial charge in [0.15, 0.2) is 11.5 Å². The van der Waals surface area contributed by atoms with E-state index in [1.807, 2.05) is 18.2 Å². The largest absolute Gasteiger partial charge is 0.454 e. The van der Waals surface area contributed by atoms with Crippen LogP contribution in [0, 0.1) is 0 Å². The van der Waals surface area contributed by atoms with E-state index in [0.717, 1.165) is 30.2 Å². The minimum absolute atomic E-state index is 0.269. The molecule has 4 nitrogen and oxygen atoms in total. The van der Waals surface area contributed by atoms with Crippen LogP contribution in [0.15, 0.2) is 18.2 Å². The number of aliphatic hydroxyl groups is 1. The van der Waals surface area contributed by atoms with Gasteiger partial charge in [-0.25, -0.2) is 0 Å². The third-order valence-electron chi connectivity index (χ3n) is 3.11. The molecule has 1 N–H and O–H groups in total. The fourth-order valence-corrected chi connectivity index (χ4v) is 1.95. The number of rotatable bonds is 5. The molecule has 2 rings (SSSR count). The molecule has 0 amide bonds. The van der Waals surface area contributed by atoms with Crippen LogP contribution in [0.1, 0.15) is 25.5 Å². The number of hydrogen-bond acceptors (Lipinski definition) is 4. The minimum atomic E-state index is -0.482. The minimum Gasteiger partial charge on any atom is -0.454 e. The van der Waals surface area contributed by atoms with Gasteiger partial charge in [0.05, 0.1) is 6.10 Å². The van der Waals surface area contributed by atoms with Gasteiger partial charge in [0.2, 0.25) is 6.79 Å². The van der Waals surface area contributed by atoms with E-state index in [1.165, 1.54) is 0 Å². The van der Waals surface area contributed by atoms with Crippen LogP contribution in [0.25, 0.3) is 0 Å². The topological polar surface area (TPSA) is 41.9 Å². The summed E-state index contributed by atoms with van der Waals surface area (Å²) in [5.41, 5.74) is 0.876. The highest BCUT2D eigenvalue weighted by atomic mass is 16.7. The number of ether oxygens (including phenoxy) is 2. The van der Waals surface area contributed by atoms with Gasteiger partial charge in [-0.1, -0.05) is 19.9 Å². The maximum atomic E-state index is 10.1. The van der Waals surface area contributed by atoms with E-state index in [-0.39, 0.29) is 6.79 Å². The van der Waals surface area contributed by atoms with Crippen LogP contribution in [0.3, 0.4) is 0 Å². The van der Waals surface area contributed by atoms with E-state index >= 15 is 0 Å². The predicted molar refractivity (Wildman–Crippen MR) is 65.3 cm³/mol. The second-order valence-corrected chi connectivity index (χ2v) is 4.11. The van der Waals surface area contributed by atoms with Crippen molar-refractivity contribution in [2.24, 2.45) is 0 Å². The number of fused-ring (bicyclic) bond motifs is 1. The Bertz CT molecular complexity index is 377. The standard InChI is InChI=1S/C13H19NO3/c1-3-14(4-2)8-11(15)10-5-6-12-13(7-10)17-9-16-12/h5-7,11,15H,3-4,8-9H2,1-2H3. The Labute approximate surface area is 102 Å². The Balaban J connectivity index is 2.06. The van der Waals surface area contributed by atoms with Crippen LogP contribution in [0.4, 0.5) is 0 Å². The zero-order valence-electron chi connectivity index (χ0n) is 10.3. The van der Waals surface area contributed by atoms with Gasteiger partial charge < -0.3 is 19.5 Å². The summed E-state index contributed by atoms with van der Waals surface area (Å²) in [5.74, 6) is 1.48. The number of benzene rings is 1. The molecule has 1 atom stereocenters. The van der Waals surface area contributed by atoms with Crippen LogP contribution < -0.4 is 9.47 Å². The molecule has 17 heavy (non-hydrogen) atoms. The van der Waals surface area contributed by atoms with Crippen molar-refractivity contribution in [3.8, 4) is 11.5 Å². The molecule has 1 aliphatic heterocycles. The van der Waals surface area contributed by atoms with E-state index in [1.54, 1.807) is 0 Å². The predicted octanol–water partition coefficient (Wildman–Crippen LogP) is 1.79. The Hall–Kier alpha value is -1.26. The Kier molecular flexibility index (Phi) is 3.86. The number of aliphatic hydroxyl groups excluding tert-OH is 1. The molecule has 1 aliphatic rings. The fourth-order valence-electron chi connectivity index (χ4n) is 1.95. The Morgan fingerprint density at radius 2 is 1.94 bits per heavy atom. The van der Waals surface area contributed by atoms with Gasteiger partial charge in [-0.15, -0.1) is 0 Å². The van der Waals surface area contributed by atoms with Gasteiger partial charge in [0.25, 0.3) is 0 Å². The van der Waals surface area contributed by atoms with Crippen LogP contribution in [-0.4, -0.2) is 36.4 Å². The Morgan fingerprint density at radius 1 is 1.24 bits per heavy atom. The van der Waals surface area contributed by atoms with E-state index in [4.69, 9.17) is 9.47 Å². The van der Waals surface area contributed by atoms with Crippen molar-refractivity contribution in [2.45, 2.75) is 20.0 Å². The van der Waals surface area contributed by atoms with E-state index in [0.29, 0.717) is 6.54 Å². The summed E-state index contributed by atoms with van der Waals surface area (Å²) >= 11 is 0. The molecule has 1 aromatic rings. The smallest absolute Gasteiger partial charge is 0.231 e. The normalized spacial score (nSPS) is 15.3. The molecule has 1 unspecified atom stereocenters. The molecule has 0 aromatic heterocycles. The molecule has 0 bridgehead atoms. The molecule has 1 heterocycles. The van der Waals surface area contributed by atoms with Crippen LogP contribution in [0.2, 0.25) is 0 Å². The lowest BCUT2D eigenvalue weighted by atomic mass is 10.1. The summed E-state index contributed by atoms with van der Waals surface area (Å²) in [6.45, 7) is 6.99. The van der Waals surface area contributed by atoms with Crippen molar-refractivity contribution >= 4 is 0 Å². The first-order valence-corrected chi connectivity index (χ1v) is 6.04. The van der Waals surface area contributed by atoms with Crippen LogP contribution in [-0.2, 0) is 0 Å². The molecular weight excluding hydrogens is 218 g/mol. The van der Waals surface area contributed by atoms with Gasteiger partial charge in [-0.2, -0.15) is 0 Å². The highest BCUT2D eigenvalue weighted by Crippen LogP contribution is 2.34. The second-order valence-electron chi connectivity index (χ2n) is 4.11. The van der Waals surface area contributed by atoms with E-state index in [2.05, 4.69) is 18.7 Å². The van der Waals surface area contributed by atoms with Crippen molar-refractivity contribution < 1.29 is 14.6 Å². The maximum absolute atomic E-state index is 10.1. The summed E-state index contributed by atoms with van der Waals surface area (Å²) in [4.78, 5) is 2.19. The van der Waals surface area contributed by atoms with Crippen molar-refractivity contribution in [2.75, 3.05) is 26.4 Å². The fraction of sp³-hybridized carbons (Fsp3) is 0.538. The van der Waals surface area contributed by atoms with Crippen LogP contribution in [0.5, 0.6) is 11.5 Å². The lowest BCUT2D eigenvalue weighted by Crippen LogP contribution is -2.28. The number of nitrogens with zero attached hydrogens (tertiary/aromatic N) is 1. The van der Waals surface area contributed by atoms with Gasteiger partial charge in [0.1, 0.15) is 0 Å². The molecule has 0 saturated heterocycles. The SMILES string of the molecule is CCN(CC)CC(O)c1ccc2c(c1)OCO2. The first-order chi connectivity index (χ1) is 8.24. The number of hydrogen-bond donors (Lipinski definition) is 1. The first kappa shape index (κ1) is 12.2. The van der Waals surface area contributed by atoms with Crippen molar-refractivity contribution in [1.82, 2.24) is 4.90 Å². The van der Waals surface area contributed by atoms with Gasteiger partial charge in [-0.05, 0) is 30.8 Å². The highest BCUT2D eigenvalue weighted by molar-refractivity contribution is 5.45. The third-order valence-corrected chi connectivity index (χ3v) is 3.11. The third kappa shape index (κ3) is 2.70. The maximum Gasteiger partial charge on any atom is 0.231 e. The lowest BCUT2D eigenvalue weighted by molar-refractivity contribution is 0.119. The second kappa shape index (κ2) is 5.38. The molecule has 1 aromatic carbocycles. The molecular formula is C13H19NO3. The number of likely N-dealkylation sites (N-methyl/N-ethyl adjacent to an activating group) is 1. The molecule has 0 saturated carbocycles. The molecule has 0 radical (unpaired) electrons. The zero-order valence-corrected chi connectivity index (χ0v) is 10.3. The molecule has 94 valence electrons. The zero-order chi connectivity index (χ0) is 12.3. The van der Waals surface area contributed by atoms with Crippen molar-refractivity contribution in [3.63, 3.8) is 0 Å². The average Bonchev–Trinajstić information content (AvgIpc) is 2.82. The summed E-state index contributed by atoms with van der Waals surface area (Å²) in [7, 11) is 0. The van der Waals surface area contributed by atoms with E-state index < -0.39 is 6.10 Å². The molecule has 0 fully saturated rings. The van der Waals surface area contributed by atoms with Gasteiger partial charge in [0, 0.05) is 6.54 Å². The monoisotopic (exact) mass is 237 g/mol. The molecule has 0 aliphatic carbocycles. The van der Waals surface area contributed by atoms with E-state index in [9.17, 15) is 5.11 Å². The van der Waals surface area contributed by atoms with Gasteiger partial charge in [-0.3, -0.25) is 0 Å². The Morgan fingerprint density at radius 3 is 2.65 bits per heavy atom. The highest BCUT2D eigenvalue weighted by Gasteiger charge is 2.17. The summed E-state index contributed by atoms with van der Waals surface area (Å²) < 4.78 is 10.5. The first-order valence-electron chi connectivity index (χ1n) is 6.04.